The van der Waals surface area contributed by atoms with Crippen LogP contribution in [0.4, 0.5) is 0 Å². The fourth-order valence-corrected chi connectivity index (χ4v) is 4.71. The standard InChI is InChI=1S/C24H41NO5Si/c1-6-28-22(26)24(25,23(27)29-7-2)17-16-20-12-14-21(15-13-20)30-18-10-9-11-19-31(4,5)8-3/h12-15H,6-11,16-19,25H2,1-5H3. The summed E-state index contributed by atoms with van der Waals surface area (Å²) in [5.74, 6) is -0.682. The Kier molecular flexibility index (Phi) is 11.9. The van der Waals surface area contributed by atoms with Crippen LogP contribution in [0.1, 0.15) is 52.0 Å². The summed E-state index contributed by atoms with van der Waals surface area (Å²) in [6.45, 7) is 11.6. The van der Waals surface area contributed by atoms with E-state index in [0.29, 0.717) is 13.0 Å². The largest absolute Gasteiger partial charge is 0.494 e. The summed E-state index contributed by atoms with van der Waals surface area (Å²) in [5.41, 5.74) is 5.27. The Morgan fingerprint density at radius 2 is 1.52 bits per heavy atom. The molecular formula is C24H41NO5Si. The number of unbranched alkanes of at least 4 members (excludes halogenated alkanes) is 2. The van der Waals surface area contributed by atoms with E-state index in [-0.39, 0.29) is 19.6 Å². The minimum atomic E-state index is -1.80. The lowest BCUT2D eigenvalue weighted by molar-refractivity contribution is -0.164. The Labute approximate surface area is 188 Å². The van der Waals surface area contributed by atoms with Gasteiger partial charge in [0.2, 0.25) is 5.54 Å². The van der Waals surface area contributed by atoms with E-state index >= 15 is 0 Å². The van der Waals surface area contributed by atoms with Gasteiger partial charge in [-0.3, -0.25) is 0 Å². The van der Waals surface area contributed by atoms with Crippen LogP contribution in [0.3, 0.4) is 0 Å². The van der Waals surface area contributed by atoms with Crippen LogP contribution in [-0.2, 0) is 25.5 Å². The SMILES string of the molecule is CCOC(=O)C(N)(CCc1ccc(OCCCCC[Si](C)(C)CC)cc1)C(=O)OCC. The van der Waals surface area contributed by atoms with Crippen molar-refractivity contribution in [1.82, 2.24) is 0 Å². The summed E-state index contributed by atoms with van der Waals surface area (Å²) in [6.07, 6.45) is 4.12. The Balaban J connectivity index is 2.49. The molecule has 7 heteroatoms. The topological polar surface area (TPSA) is 87.9 Å². The van der Waals surface area contributed by atoms with Crippen molar-refractivity contribution in [2.45, 2.75) is 83.6 Å². The quantitative estimate of drug-likeness (QED) is 0.180. The molecule has 0 aromatic heterocycles. The second kappa shape index (κ2) is 13.5. The first-order valence-corrected chi connectivity index (χ1v) is 14.9. The first kappa shape index (κ1) is 27.2. The molecule has 0 amide bonds. The van der Waals surface area contributed by atoms with E-state index in [1.54, 1.807) is 13.8 Å². The number of ether oxygens (including phenoxy) is 3. The number of nitrogens with two attached hydrogens (primary N) is 1. The second-order valence-corrected chi connectivity index (χ2v) is 14.3. The molecule has 6 nitrogen and oxygen atoms in total. The smallest absolute Gasteiger partial charge is 0.337 e. The fraction of sp³-hybridized carbons (Fsp3) is 0.667. The Morgan fingerprint density at radius 1 is 0.935 bits per heavy atom. The normalized spacial score (nSPS) is 11.8. The number of benzene rings is 1. The van der Waals surface area contributed by atoms with Gasteiger partial charge in [0.1, 0.15) is 5.75 Å². The maximum atomic E-state index is 12.3. The third kappa shape index (κ3) is 9.43. The third-order valence-electron chi connectivity index (χ3n) is 5.73. The van der Waals surface area contributed by atoms with E-state index in [1.807, 2.05) is 24.3 Å². The molecule has 2 N–H and O–H groups in total. The zero-order valence-corrected chi connectivity index (χ0v) is 21.0. The minimum absolute atomic E-state index is 0.113. The highest BCUT2D eigenvalue weighted by molar-refractivity contribution is 6.77. The van der Waals surface area contributed by atoms with Crippen LogP contribution >= 0.6 is 0 Å². The van der Waals surface area contributed by atoms with Crippen molar-refractivity contribution < 1.29 is 23.8 Å². The number of esters is 2. The van der Waals surface area contributed by atoms with Crippen LogP contribution in [0.2, 0.25) is 25.2 Å². The van der Waals surface area contributed by atoms with E-state index in [2.05, 4.69) is 20.0 Å². The fourth-order valence-electron chi connectivity index (χ4n) is 3.15. The maximum Gasteiger partial charge on any atom is 0.337 e. The van der Waals surface area contributed by atoms with Crippen molar-refractivity contribution in [2.24, 2.45) is 5.73 Å². The zero-order valence-electron chi connectivity index (χ0n) is 20.0. The second-order valence-electron chi connectivity index (χ2n) is 8.73. The van der Waals surface area contributed by atoms with E-state index in [1.165, 1.54) is 24.9 Å². The highest BCUT2D eigenvalue weighted by atomic mass is 28.3. The van der Waals surface area contributed by atoms with Crippen LogP contribution in [0.15, 0.2) is 24.3 Å². The molecule has 0 heterocycles. The predicted octanol–water partition coefficient (Wildman–Crippen LogP) is 4.72. The maximum absolute atomic E-state index is 12.3. The summed E-state index contributed by atoms with van der Waals surface area (Å²) in [5, 5.41) is 0. The number of hydrogen-bond donors (Lipinski definition) is 1. The molecule has 0 bridgehead atoms. The van der Waals surface area contributed by atoms with Gasteiger partial charge >= 0.3 is 11.9 Å². The number of rotatable bonds is 15. The molecule has 1 aromatic carbocycles. The molecule has 176 valence electrons. The summed E-state index contributed by atoms with van der Waals surface area (Å²) in [7, 11) is -0.961. The molecule has 0 fully saturated rings. The van der Waals surface area contributed by atoms with Gasteiger partial charge in [0.05, 0.1) is 19.8 Å². The molecule has 0 unspecified atom stereocenters. The van der Waals surface area contributed by atoms with E-state index < -0.39 is 25.6 Å². The van der Waals surface area contributed by atoms with Gasteiger partial charge in [-0.2, -0.15) is 0 Å². The molecule has 0 aliphatic rings. The van der Waals surface area contributed by atoms with Crippen molar-refractivity contribution in [1.29, 1.82) is 0 Å². The summed E-state index contributed by atoms with van der Waals surface area (Å²) < 4.78 is 15.8. The van der Waals surface area contributed by atoms with Crippen molar-refractivity contribution in [3.63, 3.8) is 0 Å². The van der Waals surface area contributed by atoms with E-state index in [0.717, 1.165) is 17.7 Å². The lowest BCUT2D eigenvalue weighted by atomic mass is 9.92. The zero-order chi connectivity index (χ0) is 23.3. The van der Waals surface area contributed by atoms with Crippen molar-refractivity contribution in [3.8, 4) is 5.75 Å². The number of aryl methyl sites for hydroxylation is 1. The Hall–Kier alpha value is -1.86. The van der Waals surface area contributed by atoms with Crippen molar-refractivity contribution in [3.05, 3.63) is 29.8 Å². The van der Waals surface area contributed by atoms with Gasteiger partial charge in [-0.05, 0) is 50.8 Å². The van der Waals surface area contributed by atoms with Gasteiger partial charge in [-0.25, -0.2) is 9.59 Å². The van der Waals surface area contributed by atoms with Crippen LogP contribution in [0.25, 0.3) is 0 Å². The van der Waals surface area contributed by atoms with Gasteiger partial charge in [-0.15, -0.1) is 0 Å². The molecule has 0 radical (unpaired) electrons. The third-order valence-corrected chi connectivity index (χ3v) is 9.36. The van der Waals surface area contributed by atoms with Gasteiger partial charge in [0.15, 0.2) is 0 Å². The molecule has 0 atom stereocenters. The first-order valence-electron chi connectivity index (χ1n) is 11.5. The highest BCUT2D eigenvalue weighted by Gasteiger charge is 2.44. The van der Waals surface area contributed by atoms with Gasteiger partial charge < -0.3 is 19.9 Å². The predicted molar refractivity (Wildman–Crippen MR) is 127 cm³/mol. The number of carbonyl (C=O) groups is 2. The summed E-state index contributed by atoms with van der Waals surface area (Å²) in [6, 6.07) is 10.4. The monoisotopic (exact) mass is 451 g/mol. The number of hydrogen-bond acceptors (Lipinski definition) is 6. The Morgan fingerprint density at radius 3 is 2.03 bits per heavy atom. The average molecular weight is 452 g/mol. The lowest BCUT2D eigenvalue weighted by Gasteiger charge is -2.24. The summed E-state index contributed by atoms with van der Waals surface area (Å²) >= 11 is 0. The average Bonchev–Trinajstić information content (AvgIpc) is 2.75. The summed E-state index contributed by atoms with van der Waals surface area (Å²) in [4.78, 5) is 24.5. The molecule has 0 aliphatic carbocycles. The van der Waals surface area contributed by atoms with Crippen molar-refractivity contribution in [2.75, 3.05) is 19.8 Å². The molecule has 1 rings (SSSR count). The highest BCUT2D eigenvalue weighted by Crippen LogP contribution is 2.20. The van der Waals surface area contributed by atoms with E-state index in [9.17, 15) is 9.59 Å². The molecule has 1 aromatic rings. The number of carbonyl (C=O) groups excluding carboxylic acids is 2. The molecule has 0 aliphatic heterocycles. The van der Waals surface area contributed by atoms with Crippen LogP contribution < -0.4 is 10.5 Å². The van der Waals surface area contributed by atoms with Crippen LogP contribution in [-0.4, -0.2) is 45.4 Å². The molecule has 0 saturated carbocycles. The van der Waals surface area contributed by atoms with Crippen LogP contribution in [0, 0.1) is 0 Å². The lowest BCUT2D eigenvalue weighted by Crippen LogP contribution is -2.57. The molecule has 0 saturated heterocycles. The van der Waals surface area contributed by atoms with Gasteiger partial charge in [0.25, 0.3) is 0 Å². The Bertz CT molecular complexity index is 657. The van der Waals surface area contributed by atoms with Gasteiger partial charge in [-0.1, -0.05) is 57.1 Å². The first-order chi connectivity index (χ1) is 14.7. The van der Waals surface area contributed by atoms with E-state index in [4.69, 9.17) is 19.9 Å². The van der Waals surface area contributed by atoms with Crippen LogP contribution in [0.5, 0.6) is 5.75 Å². The minimum Gasteiger partial charge on any atom is -0.494 e. The molecular weight excluding hydrogens is 410 g/mol. The molecule has 0 spiro atoms. The van der Waals surface area contributed by atoms with Gasteiger partial charge in [0, 0.05) is 8.07 Å². The molecule has 31 heavy (non-hydrogen) atoms. The van der Waals surface area contributed by atoms with Crippen molar-refractivity contribution >= 4 is 20.0 Å².